The van der Waals surface area contributed by atoms with Crippen molar-refractivity contribution in [1.82, 2.24) is 20.9 Å². The molecule has 6 nitrogen and oxygen atoms in total. The van der Waals surface area contributed by atoms with Crippen LogP contribution in [0.25, 0.3) is 0 Å². The van der Waals surface area contributed by atoms with Gasteiger partial charge in [0.25, 0.3) is 0 Å². The number of amides is 3. The Bertz CT molecular complexity index is 318. The van der Waals surface area contributed by atoms with Crippen molar-refractivity contribution in [1.29, 1.82) is 0 Å². The Morgan fingerprint density at radius 3 is 2.70 bits per heavy atom. The minimum atomic E-state index is -0.397. The van der Waals surface area contributed by atoms with Crippen LogP contribution < -0.4 is 16.0 Å². The van der Waals surface area contributed by atoms with E-state index in [0.717, 1.165) is 25.9 Å². The number of nitrogens with one attached hydrogen (secondary N) is 3. The molecule has 0 aromatic carbocycles. The first kappa shape index (κ1) is 16.9. The van der Waals surface area contributed by atoms with E-state index in [1.807, 2.05) is 20.9 Å². The maximum absolute atomic E-state index is 11.9. The molecule has 0 aliphatic carbocycles. The maximum Gasteiger partial charge on any atom is 0.321 e. The van der Waals surface area contributed by atoms with Crippen molar-refractivity contribution < 1.29 is 9.59 Å². The van der Waals surface area contributed by atoms with Crippen molar-refractivity contribution in [2.75, 3.05) is 33.2 Å². The van der Waals surface area contributed by atoms with E-state index in [4.69, 9.17) is 0 Å². The van der Waals surface area contributed by atoms with Crippen molar-refractivity contribution in [3.8, 4) is 0 Å². The molecule has 0 radical (unpaired) electrons. The lowest BCUT2D eigenvalue weighted by Gasteiger charge is -2.34. The minimum Gasteiger partial charge on any atom is -0.338 e. The van der Waals surface area contributed by atoms with E-state index in [1.165, 1.54) is 6.42 Å². The van der Waals surface area contributed by atoms with Crippen LogP contribution in [0.5, 0.6) is 0 Å². The summed E-state index contributed by atoms with van der Waals surface area (Å²) < 4.78 is 0. The number of piperidine rings is 1. The van der Waals surface area contributed by atoms with Crippen molar-refractivity contribution in [2.24, 2.45) is 5.92 Å². The van der Waals surface area contributed by atoms with Crippen molar-refractivity contribution in [2.45, 2.75) is 39.2 Å². The van der Waals surface area contributed by atoms with Crippen LogP contribution in [0.2, 0.25) is 0 Å². The predicted molar refractivity (Wildman–Crippen MR) is 79.5 cm³/mol. The molecule has 6 heteroatoms. The van der Waals surface area contributed by atoms with Crippen LogP contribution in [0, 0.1) is 5.92 Å². The van der Waals surface area contributed by atoms with E-state index in [1.54, 1.807) is 0 Å². The van der Waals surface area contributed by atoms with Gasteiger partial charge in [-0.25, -0.2) is 4.79 Å². The van der Waals surface area contributed by atoms with Crippen LogP contribution in [-0.4, -0.2) is 56.1 Å². The van der Waals surface area contributed by atoms with Gasteiger partial charge in [0.15, 0.2) is 0 Å². The average molecular weight is 284 g/mol. The molecule has 1 aliphatic rings. The van der Waals surface area contributed by atoms with Crippen molar-refractivity contribution >= 4 is 11.9 Å². The fourth-order valence-electron chi connectivity index (χ4n) is 2.43. The molecule has 1 rings (SSSR count). The highest BCUT2D eigenvalue weighted by Crippen LogP contribution is 2.15. The van der Waals surface area contributed by atoms with E-state index in [9.17, 15) is 9.59 Å². The van der Waals surface area contributed by atoms with E-state index >= 15 is 0 Å². The predicted octanol–water partition coefficient (Wildman–Crippen LogP) is 0.542. The van der Waals surface area contributed by atoms with Gasteiger partial charge < -0.3 is 10.6 Å². The summed E-state index contributed by atoms with van der Waals surface area (Å²) in [7, 11) is 1.92. The zero-order valence-electron chi connectivity index (χ0n) is 12.9. The van der Waals surface area contributed by atoms with Gasteiger partial charge in [0.2, 0.25) is 5.91 Å². The SMILES string of the molecule is CNCC1CCCCN1CC(=O)NC(=O)NCC(C)C. The van der Waals surface area contributed by atoms with E-state index in [2.05, 4.69) is 20.9 Å². The third kappa shape index (κ3) is 6.34. The molecule has 1 fully saturated rings. The number of rotatable bonds is 6. The monoisotopic (exact) mass is 284 g/mol. The van der Waals surface area contributed by atoms with Crippen LogP contribution in [0.4, 0.5) is 4.79 Å². The molecule has 1 atom stereocenters. The summed E-state index contributed by atoms with van der Waals surface area (Å²) in [6.45, 7) is 6.70. The molecule has 1 saturated heterocycles. The first-order valence-electron chi connectivity index (χ1n) is 7.49. The molecular formula is C14H28N4O2. The van der Waals surface area contributed by atoms with Gasteiger partial charge in [-0.15, -0.1) is 0 Å². The number of carbonyl (C=O) groups excluding carboxylic acids is 2. The second-order valence-electron chi connectivity index (χ2n) is 5.83. The number of urea groups is 1. The van der Waals surface area contributed by atoms with Gasteiger partial charge in [0, 0.05) is 19.1 Å². The molecule has 0 aromatic heterocycles. The Balaban J connectivity index is 2.34. The third-order valence-electron chi connectivity index (χ3n) is 3.46. The summed E-state index contributed by atoms with van der Waals surface area (Å²) in [4.78, 5) is 25.6. The van der Waals surface area contributed by atoms with E-state index < -0.39 is 6.03 Å². The maximum atomic E-state index is 11.9. The Hall–Kier alpha value is -1.14. The second-order valence-corrected chi connectivity index (χ2v) is 5.83. The quantitative estimate of drug-likeness (QED) is 0.666. The average Bonchev–Trinajstić information content (AvgIpc) is 2.39. The topological polar surface area (TPSA) is 73.5 Å². The van der Waals surface area contributed by atoms with Gasteiger partial charge in [-0.2, -0.15) is 0 Å². The Morgan fingerprint density at radius 2 is 2.05 bits per heavy atom. The normalized spacial score (nSPS) is 19.9. The summed E-state index contributed by atoms with van der Waals surface area (Å²) in [6, 6.07) is -0.0101. The number of likely N-dealkylation sites (N-methyl/N-ethyl adjacent to an activating group) is 1. The summed E-state index contributed by atoms with van der Waals surface area (Å²) in [5.74, 6) is 0.146. The number of carbonyl (C=O) groups is 2. The lowest BCUT2D eigenvalue weighted by molar-refractivity contribution is -0.122. The van der Waals surface area contributed by atoms with Crippen LogP contribution in [-0.2, 0) is 4.79 Å². The van der Waals surface area contributed by atoms with Crippen molar-refractivity contribution in [3.05, 3.63) is 0 Å². The second kappa shape index (κ2) is 8.92. The molecule has 1 heterocycles. The fraction of sp³-hybridized carbons (Fsp3) is 0.857. The van der Waals surface area contributed by atoms with Crippen LogP contribution >= 0.6 is 0 Å². The summed E-state index contributed by atoms with van der Waals surface area (Å²) >= 11 is 0. The molecule has 1 unspecified atom stereocenters. The lowest BCUT2D eigenvalue weighted by atomic mass is 10.0. The van der Waals surface area contributed by atoms with Gasteiger partial charge in [0.05, 0.1) is 6.54 Å². The van der Waals surface area contributed by atoms with Crippen molar-refractivity contribution in [3.63, 3.8) is 0 Å². The number of likely N-dealkylation sites (tertiary alicyclic amines) is 1. The highest BCUT2D eigenvalue weighted by atomic mass is 16.2. The van der Waals surface area contributed by atoms with Gasteiger partial charge in [-0.05, 0) is 32.4 Å². The molecule has 116 valence electrons. The molecule has 0 aromatic rings. The highest BCUT2D eigenvalue weighted by molar-refractivity contribution is 5.95. The van der Waals surface area contributed by atoms with Gasteiger partial charge >= 0.3 is 6.03 Å². The zero-order valence-corrected chi connectivity index (χ0v) is 12.9. The molecule has 0 saturated carbocycles. The number of imide groups is 1. The van der Waals surface area contributed by atoms with Crippen LogP contribution in [0.3, 0.4) is 0 Å². The third-order valence-corrected chi connectivity index (χ3v) is 3.46. The smallest absolute Gasteiger partial charge is 0.321 e. The Labute approximate surface area is 121 Å². The van der Waals surface area contributed by atoms with Crippen LogP contribution in [0.1, 0.15) is 33.1 Å². The number of hydrogen-bond donors (Lipinski definition) is 3. The molecular weight excluding hydrogens is 256 g/mol. The lowest BCUT2D eigenvalue weighted by Crippen LogP contribution is -2.51. The number of nitrogens with zero attached hydrogens (tertiary/aromatic N) is 1. The molecule has 3 N–H and O–H groups in total. The molecule has 3 amide bonds. The summed E-state index contributed by atoms with van der Waals surface area (Å²) in [6.07, 6.45) is 3.43. The van der Waals surface area contributed by atoms with Gasteiger partial charge in [-0.3, -0.25) is 15.0 Å². The van der Waals surface area contributed by atoms with Crippen LogP contribution in [0.15, 0.2) is 0 Å². The van der Waals surface area contributed by atoms with E-state index in [0.29, 0.717) is 25.0 Å². The minimum absolute atomic E-state index is 0.228. The highest BCUT2D eigenvalue weighted by Gasteiger charge is 2.24. The van der Waals surface area contributed by atoms with Gasteiger partial charge in [-0.1, -0.05) is 20.3 Å². The summed E-state index contributed by atoms with van der Waals surface area (Å²) in [5, 5.41) is 8.24. The standard InChI is InChI=1S/C14H28N4O2/c1-11(2)8-16-14(20)17-13(19)10-18-7-5-4-6-12(18)9-15-3/h11-12,15H,4-10H2,1-3H3,(H2,16,17,19,20). The number of hydrogen-bond acceptors (Lipinski definition) is 4. The summed E-state index contributed by atoms with van der Waals surface area (Å²) in [5.41, 5.74) is 0. The van der Waals surface area contributed by atoms with Gasteiger partial charge in [0.1, 0.15) is 0 Å². The fourth-order valence-corrected chi connectivity index (χ4v) is 2.43. The van der Waals surface area contributed by atoms with E-state index in [-0.39, 0.29) is 5.91 Å². The Morgan fingerprint density at radius 1 is 1.30 bits per heavy atom. The molecule has 0 bridgehead atoms. The Kier molecular flexibility index (Phi) is 7.54. The molecule has 1 aliphatic heterocycles. The molecule has 0 spiro atoms. The largest absolute Gasteiger partial charge is 0.338 e. The first-order valence-corrected chi connectivity index (χ1v) is 7.49. The molecule has 20 heavy (non-hydrogen) atoms. The first-order chi connectivity index (χ1) is 9.52. The zero-order chi connectivity index (χ0) is 15.0.